The number of tetrazole rings is 1. The second-order valence-corrected chi connectivity index (χ2v) is 9.07. The lowest BCUT2D eigenvalue weighted by Crippen LogP contribution is -2.32. The van der Waals surface area contributed by atoms with E-state index in [0.29, 0.717) is 25.2 Å². The Morgan fingerprint density at radius 2 is 1.68 bits per heavy atom. The van der Waals surface area contributed by atoms with Crippen molar-refractivity contribution in [3.63, 3.8) is 0 Å². The third kappa shape index (κ3) is 5.59. The zero-order chi connectivity index (χ0) is 25.6. The maximum atomic E-state index is 13.1. The smallest absolute Gasteiger partial charge is 0.252 e. The molecule has 0 amide bonds. The molecule has 2 aromatic heterocycles. The van der Waals surface area contributed by atoms with Crippen molar-refractivity contribution in [2.45, 2.75) is 39.0 Å². The molecule has 3 aromatic carbocycles. The Labute approximate surface area is 215 Å². The molecule has 5 aromatic rings. The van der Waals surface area contributed by atoms with Crippen molar-refractivity contribution in [3.05, 3.63) is 118 Å². The van der Waals surface area contributed by atoms with Crippen LogP contribution < -0.4 is 10.3 Å². The van der Waals surface area contributed by atoms with E-state index in [4.69, 9.17) is 4.74 Å². The third-order valence-corrected chi connectivity index (χ3v) is 6.59. The molecule has 8 heteroatoms. The fraction of sp³-hybridized carbons (Fsp3) is 0.241. The average Bonchev–Trinajstić information content (AvgIpc) is 3.38. The van der Waals surface area contributed by atoms with Crippen molar-refractivity contribution in [2.75, 3.05) is 7.11 Å². The van der Waals surface area contributed by atoms with Crippen LogP contribution >= 0.6 is 0 Å². The minimum atomic E-state index is -0.102. The predicted octanol–water partition coefficient (Wildman–Crippen LogP) is 4.73. The molecule has 0 fully saturated rings. The van der Waals surface area contributed by atoms with Crippen LogP contribution in [0.25, 0.3) is 10.9 Å². The van der Waals surface area contributed by atoms with Crippen molar-refractivity contribution in [1.29, 1.82) is 0 Å². The zero-order valence-electron chi connectivity index (χ0n) is 21.0. The molecule has 0 bridgehead atoms. The van der Waals surface area contributed by atoms with E-state index in [0.717, 1.165) is 40.0 Å². The van der Waals surface area contributed by atoms with Crippen molar-refractivity contribution < 1.29 is 4.74 Å². The van der Waals surface area contributed by atoms with E-state index in [-0.39, 0.29) is 11.6 Å². The van der Waals surface area contributed by atoms with Gasteiger partial charge in [-0.05, 0) is 52.2 Å². The summed E-state index contributed by atoms with van der Waals surface area (Å²) in [6.45, 7) is 3.79. The molecule has 8 nitrogen and oxygen atoms in total. The number of ether oxygens (including phenoxy) is 1. The van der Waals surface area contributed by atoms with Gasteiger partial charge in [0.25, 0.3) is 5.56 Å². The summed E-state index contributed by atoms with van der Waals surface area (Å²) in [4.78, 5) is 18.4. The highest BCUT2D eigenvalue weighted by atomic mass is 16.5. The second kappa shape index (κ2) is 11.2. The van der Waals surface area contributed by atoms with Gasteiger partial charge in [-0.25, -0.2) is 4.68 Å². The van der Waals surface area contributed by atoms with E-state index in [1.54, 1.807) is 7.11 Å². The molecule has 0 saturated heterocycles. The number of hydrogen-bond donors (Lipinski definition) is 1. The van der Waals surface area contributed by atoms with Gasteiger partial charge >= 0.3 is 0 Å². The summed E-state index contributed by atoms with van der Waals surface area (Å²) < 4.78 is 7.25. The summed E-state index contributed by atoms with van der Waals surface area (Å²) in [5.74, 6) is 1.53. The first-order chi connectivity index (χ1) is 18.1. The van der Waals surface area contributed by atoms with E-state index in [1.165, 1.54) is 0 Å². The highest BCUT2D eigenvalue weighted by Gasteiger charge is 2.26. The van der Waals surface area contributed by atoms with Crippen LogP contribution in [-0.2, 0) is 19.6 Å². The van der Waals surface area contributed by atoms with Crippen LogP contribution in [0.15, 0.2) is 89.7 Å². The number of fused-ring (bicyclic) bond motifs is 1. The Hall–Kier alpha value is -4.30. The zero-order valence-corrected chi connectivity index (χ0v) is 21.0. The van der Waals surface area contributed by atoms with Gasteiger partial charge in [0.15, 0.2) is 5.82 Å². The first-order valence-corrected chi connectivity index (χ1v) is 12.4. The lowest BCUT2D eigenvalue weighted by Gasteiger charge is -2.30. The lowest BCUT2D eigenvalue weighted by atomic mass is 10.1. The number of H-pyrrole nitrogens is 1. The van der Waals surface area contributed by atoms with Gasteiger partial charge in [0.1, 0.15) is 5.75 Å². The van der Waals surface area contributed by atoms with Crippen LogP contribution in [-0.4, -0.2) is 37.2 Å². The molecule has 0 aliphatic carbocycles. The molecule has 0 unspecified atom stereocenters. The first-order valence-electron chi connectivity index (χ1n) is 12.4. The Kier molecular flexibility index (Phi) is 7.37. The standard InChI is InChI=1S/C29H30N6O2/c1-3-27(28-31-32-33-35(28)19-22-12-8-5-9-13-22)34(18-21-10-6-4-7-11-21)20-24-16-23-17-25(37-2)14-15-26(23)30-29(24)36/h4-17,27H,3,18-20H2,1-2H3,(H,30,36)/t27-/m0/s1. The topological polar surface area (TPSA) is 88.9 Å². The minimum Gasteiger partial charge on any atom is -0.497 e. The number of methoxy groups -OCH3 is 1. The number of hydrogen-bond acceptors (Lipinski definition) is 6. The van der Waals surface area contributed by atoms with E-state index >= 15 is 0 Å². The Morgan fingerprint density at radius 1 is 0.946 bits per heavy atom. The van der Waals surface area contributed by atoms with E-state index in [1.807, 2.05) is 65.3 Å². The van der Waals surface area contributed by atoms with Crippen LogP contribution in [0.5, 0.6) is 5.75 Å². The van der Waals surface area contributed by atoms with Gasteiger partial charge in [-0.1, -0.05) is 67.6 Å². The normalized spacial score (nSPS) is 12.2. The molecule has 5 rings (SSSR count). The molecular formula is C29H30N6O2. The molecule has 0 spiro atoms. The third-order valence-electron chi connectivity index (χ3n) is 6.59. The van der Waals surface area contributed by atoms with E-state index in [2.05, 4.69) is 56.6 Å². The summed E-state index contributed by atoms with van der Waals surface area (Å²) in [5.41, 5.74) is 3.64. The molecule has 0 radical (unpaired) electrons. The van der Waals surface area contributed by atoms with Crippen LogP contribution in [0.1, 0.15) is 41.9 Å². The van der Waals surface area contributed by atoms with E-state index < -0.39 is 0 Å². The number of nitrogens with one attached hydrogen (secondary N) is 1. The van der Waals surface area contributed by atoms with Crippen LogP contribution in [0.3, 0.4) is 0 Å². The van der Waals surface area contributed by atoms with Crippen molar-refractivity contribution in [2.24, 2.45) is 0 Å². The lowest BCUT2D eigenvalue weighted by molar-refractivity contribution is 0.161. The number of aromatic amines is 1. The molecular weight excluding hydrogens is 464 g/mol. The van der Waals surface area contributed by atoms with Gasteiger partial charge in [0.05, 0.1) is 19.7 Å². The summed E-state index contributed by atoms with van der Waals surface area (Å²) in [7, 11) is 1.64. The number of pyridine rings is 1. The fourth-order valence-electron chi connectivity index (χ4n) is 4.71. The van der Waals surface area contributed by atoms with Gasteiger partial charge in [0.2, 0.25) is 0 Å². The first kappa shape index (κ1) is 24.4. The summed E-state index contributed by atoms with van der Waals surface area (Å²) in [5, 5.41) is 13.7. The number of nitrogens with zero attached hydrogens (tertiary/aromatic N) is 5. The molecule has 0 aliphatic heterocycles. The van der Waals surface area contributed by atoms with Gasteiger partial charge in [-0.3, -0.25) is 9.69 Å². The maximum absolute atomic E-state index is 13.1. The van der Waals surface area contributed by atoms with Crippen molar-refractivity contribution in [3.8, 4) is 5.75 Å². The number of aromatic nitrogens is 5. The largest absolute Gasteiger partial charge is 0.497 e. The molecule has 1 atom stereocenters. The molecule has 1 N–H and O–H groups in total. The van der Waals surface area contributed by atoms with E-state index in [9.17, 15) is 4.79 Å². The van der Waals surface area contributed by atoms with Crippen molar-refractivity contribution >= 4 is 10.9 Å². The molecule has 188 valence electrons. The Morgan fingerprint density at radius 3 is 2.38 bits per heavy atom. The highest BCUT2D eigenvalue weighted by Crippen LogP contribution is 2.27. The summed E-state index contributed by atoms with van der Waals surface area (Å²) in [6, 6.07) is 27.9. The Balaban J connectivity index is 1.52. The van der Waals surface area contributed by atoms with Gasteiger partial charge in [0, 0.05) is 29.6 Å². The molecule has 2 heterocycles. The summed E-state index contributed by atoms with van der Waals surface area (Å²) in [6.07, 6.45) is 0.779. The second-order valence-electron chi connectivity index (χ2n) is 9.07. The van der Waals surface area contributed by atoms with Gasteiger partial charge < -0.3 is 9.72 Å². The SMILES string of the molecule is CC[C@@H](c1nnnn1Cc1ccccc1)N(Cc1ccccc1)Cc1cc2cc(OC)ccc2[nH]c1=O. The van der Waals surface area contributed by atoms with Crippen molar-refractivity contribution in [1.82, 2.24) is 30.1 Å². The summed E-state index contributed by atoms with van der Waals surface area (Å²) >= 11 is 0. The molecule has 0 saturated carbocycles. The molecule has 37 heavy (non-hydrogen) atoms. The maximum Gasteiger partial charge on any atom is 0.252 e. The fourth-order valence-corrected chi connectivity index (χ4v) is 4.71. The average molecular weight is 495 g/mol. The molecule has 0 aliphatic rings. The number of rotatable bonds is 10. The number of benzene rings is 3. The van der Waals surface area contributed by atoms with Gasteiger partial charge in [-0.2, -0.15) is 0 Å². The van der Waals surface area contributed by atoms with Gasteiger partial charge in [-0.15, -0.1) is 5.10 Å². The van der Waals surface area contributed by atoms with Crippen LogP contribution in [0.2, 0.25) is 0 Å². The predicted molar refractivity (Wildman–Crippen MR) is 143 cm³/mol. The quantitative estimate of drug-likeness (QED) is 0.302. The van der Waals surface area contributed by atoms with Crippen LogP contribution in [0.4, 0.5) is 0 Å². The monoisotopic (exact) mass is 494 g/mol. The Bertz CT molecular complexity index is 1510. The van der Waals surface area contributed by atoms with Crippen LogP contribution in [0, 0.1) is 0 Å². The highest BCUT2D eigenvalue weighted by molar-refractivity contribution is 5.80. The minimum absolute atomic E-state index is 0.0978.